The predicted molar refractivity (Wildman–Crippen MR) is 76.3 cm³/mol. The van der Waals surface area contributed by atoms with Crippen molar-refractivity contribution in [2.75, 3.05) is 6.54 Å². The van der Waals surface area contributed by atoms with E-state index in [2.05, 4.69) is 5.32 Å². The largest absolute Gasteiger partial charge is 0.350 e. The van der Waals surface area contributed by atoms with Crippen molar-refractivity contribution in [2.24, 2.45) is 11.7 Å². The molecular formula is C15H20N2O2. The Bertz CT molecular complexity index is 457. The Hall–Kier alpha value is -1.94. The number of rotatable bonds is 5. The third kappa shape index (κ3) is 5.06. The summed E-state index contributed by atoms with van der Waals surface area (Å²) in [5.74, 6) is -0.408. The van der Waals surface area contributed by atoms with Crippen molar-refractivity contribution in [1.29, 1.82) is 0 Å². The number of amides is 1. The molecule has 102 valence electrons. The molecule has 1 aliphatic rings. The summed E-state index contributed by atoms with van der Waals surface area (Å²) in [6.45, 7) is 3.74. The topological polar surface area (TPSA) is 72.2 Å². The molecule has 1 amide bonds. The molecule has 0 heterocycles. The average molecular weight is 260 g/mol. The van der Waals surface area contributed by atoms with Crippen LogP contribution in [0, 0.1) is 5.92 Å². The quantitative estimate of drug-likeness (QED) is 0.781. The van der Waals surface area contributed by atoms with Crippen LogP contribution >= 0.6 is 0 Å². The zero-order valence-corrected chi connectivity index (χ0v) is 11.3. The third-order valence-corrected chi connectivity index (χ3v) is 2.68. The second-order valence-electron chi connectivity index (χ2n) is 4.62. The summed E-state index contributed by atoms with van der Waals surface area (Å²) in [6, 6.07) is -0.655. The highest BCUT2D eigenvalue weighted by molar-refractivity contribution is 5.97. The number of hydrogen-bond donors (Lipinski definition) is 2. The van der Waals surface area contributed by atoms with Gasteiger partial charge in [-0.05, 0) is 12.2 Å². The van der Waals surface area contributed by atoms with E-state index in [1.54, 1.807) is 38.2 Å². The van der Waals surface area contributed by atoms with E-state index in [9.17, 15) is 9.59 Å². The van der Waals surface area contributed by atoms with E-state index in [4.69, 9.17) is 5.73 Å². The van der Waals surface area contributed by atoms with Crippen LogP contribution in [0.1, 0.15) is 13.8 Å². The molecule has 4 nitrogen and oxygen atoms in total. The summed E-state index contributed by atoms with van der Waals surface area (Å²) in [4.78, 5) is 23.5. The first kappa shape index (κ1) is 15.1. The summed E-state index contributed by atoms with van der Waals surface area (Å²) >= 11 is 0. The van der Waals surface area contributed by atoms with Crippen LogP contribution in [0.3, 0.4) is 0 Å². The van der Waals surface area contributed by atoms with E-state index < -0.39 is 6.04 Å². The summed E-state index contributed by atoms with van der Waals surface area (Å²) in [7, 11) is 0. The first-order valence-electron chi connectivity index (χ1n) is 6.31. The molecule has 3 N–H and O–H groups in total. The fourth-order valence-electron chi connectivity index (χ4n) is 1.55. The van der Waals surface area contributed by atoms with Gasteiger partial charge in [-0.2, -0.15) is 0 Å². The van der Waals surface area contributed by atoms with Gasteiger partial charge in [-0.25, -0.2) is 0 Å². The summed E-state index contributed by atoms with van der Waals surface area (Å²) in [5, 5.41) is 2.67. The Labute approximate surface area is 113 Å². The Kier molecular flexibility index (Phi) is 5.96. The van der Waals surface area contributed by atoms with E-state index >= 15 is 0 Å². The van der Waals surface area contributed by atoms with Crippen molar-refractivity contribution in [2.45, 2.75) is 19.9 Å². The van der Waals surface area contributed by atoms with Crippen LogP contribution < -0.4 is 11.1 Å². The summed E-state index contributed by atoms with van der Waals surface area (Å²) in [5.41, 5.74) is 6.26. The number of carbonyl (C=O) groups is 2. The van der Waals surface area contributed by atoms with Gasteiger partial charge < -0.3 is 11.1 Å². The van der Waals surface area contributed by atoms with Crippen molar-refractivity contribution in [1.82, 2.24) is 5.32 Å². The molecule has 0 bridgehead atoms. The lowest BCUT2D eigenvalue weighted by Gasteiger charge is -2.14. The van der Waals surface area contributed by atoms with Crippen LogP contribution in [0.2, 0.25) is 0 Å². The minimum absolute atomic E-state index is 0.0506. The van der Waals surface area contributed by atoms with Crippen LogP contribution in [0.5, 0.6) is 0 Å². The number of hydrogen-bond acceptors (Lipinski definition) is 3. The van der Waals surface area contributed by atoms with Crippen LogP contribution in [-0.2, 0) is 9.59 Å². The molecule has 1 aliphatic carbocycles. The van der Waals surface area contributed by atoms with E-state index in [0.717, 1.165) is 0 Å². The Morgan fingerprint density at radius 2 is 1.79 bits per heavy atom. The fraction of sp³-hybridized carbons (Fsp3) is 0.333. The minimum Gasteiger partial charge on any atom is -0.350 e. The molecule has 0 spiro atoms. The minimum atomic E-state index is -0.655. The predicted octanol–water partition coefficient (Wildman–Crippen LogP) is 1.26. The maximum absolute atomic E-state index is 11.9. The van der Waals surface area contributed by atoms with Gasteiger partial charge in [0.25, 0.3) is 5.91 Å². The van der Waals surface area contributed by atoms with E-state index in [-0.39, 0.29) is 24.2 Å². The number of Topliss-reactive ketones (excluding diaryl/α,β-unsaturated/α-hetero) is 1. The fourth-order valence-corrected chi connectivity index (χ4v) is 1.55. The van der Waals surface area contributed by atoms with Gasteiger partial charge in [0.1, 0.15) is 0 Å². The van der Waals surface area contributed by atoms with Crippen molar-refractivity contribution in [3.63, 3.8) is 0 Å². The maximum atomic E-state index is 11.9. The maximum Gasteiger partial charge on any atom is 0.251 e. The Morgan fingerprint density at radius 3 is 2.47 bits per heavy atom. The lowest BCUT2D eigenvalue weighted by Crippen LogP contribution is -2.44. The molecule has 0 fully saturated rings. The molecule has 1 atom stereocenters. The smallest absolute Gasteiger partial charge is 0.251 e. The second-order valence-corrected chi connectivity index (χ2v) is 4.62. The lowest BCUT2D eigenvalue weighted by molar-refractivity contribution is -0.123. The number of ketones is 1. The molecule has 0 aliphatic heterocycles. The number of nitrogens with one attached hydrogen (secondary N) is 1. The van der Waals surface area contributed by atoms with E-state index in [1.165, 1.54) is 0 Å². The first-order valence-corrected chi connectivity index (χ1v) is 6.31. The average Bonchev–Trinajstić information content (AvgIpc) is 2.34. The number of allylic oxidation sites excluding steroid dienone is 6. The monoisotopic (exact) mass is 260 g/mol. The molecule has 4 heteroatoms. The van der Waals surface area contributed by atoms with Crippen molar-refractivity contribution >= 4 is 11.7 Å². The van der Waals surface area contributed by atoms with Gasteiger partial charge in [0.2, 0.25) is 0 Å². The zero-order chi connectivity index (χ0) is 14.3. The molecule has 0 saturated carbocycles. The van der Waals surface area contributed by atoms with Gasteiger partial charge in [-0.15, -0.1) is 0 Å². The van der Waals surface area contributed by atoms with Crippen LogP contribution in [0.4, 0.5) is 0 Å². The molecule has 1 unspecified atom stereocenters. The third-order valence-electron chi connectivity index (χ3n) is 2.68. The van der Waals surface area contributed by atoms with Gasteiger partial charge in [0.05, 0.1) is 6.04 Å². The SMILES string of the molecule is CC(C)C(=O)C(N)CNC(=O)C1=C/C=C\C=C/C=C\1. The highest BCUT2D eigenvalue weighted by Gasteiger charge is 2.17. The Morgan fingerprint density at radius 1 is 1.16 bits per heavy atom. The molecule has 19 heavy (non-hydrogen) atoms. The van der Waals surface area contributed by atoms with Crippen LogP contribution in [-0.4, -0.2) is 24.3 Å². The molecule has 0 aromatic heterocycles. The van der Waals surface area contributed by atoms with Gasteiger partial charge >= 0.3 is 0 Å². The molecule has 0 saturated heterocycles. The standard InChI is InChI=1S/C15H20N2O2/c1-11(2)14(18)13(16)10-17-15(19)12-8-6-4-3-5-7-9-12/h3-9,11,13H,10,16H2,1-2H3,(H,17,19)/b4-3-,5-3?,6-4?,7-5-,8-6-,9-7?,12-8?,12-9+. The van der Waals surface area contributed by atoms with Gasteiger partial charge in [0.15, 0.2) is 5.78 Å². The number of carbonyl (C=O) groups excluding carboxylic acids is 2. The van der Waals surface area contributed by atoms with Gasteiger partial charge in [0, 0.05) is 18.0 Å². The highest BCUT2D eigenvalue weighted by atomic mass is 16.2. The van der Waals surface area contributed by atoms with Crippen molar-refractivity contribution in [3.05, 3.63) is 48.1 Å². The Balaban J connectivity index is 2.54. The second kappa shape index (κ2) is 7.48. The molecule has 0 radical (unpaired) electrons. The van der Waals surface area contributed by atoms with E-state index in [1.807, 2.05) is 18.2 Å². The van der Waals surface area contributed by atoms with Crippen LogP contribution in [0.25, 0.3) is 0 Å². The highest BCUT2D eigenvalue weighted by Crippen LogP contribution is 2.02. The van der Waals surface area contributed by atoms with Gasteiger partial charge in [-0.3, -0.25) is 9.59 Å². The van der Waals surface area contributed by atoms with Crippen LogP contribution in [0.15, 0.2) is 48.1 Å². The molecule has 0 aromatic carbocycles. The van der Waals surface area contributed by atoms with Crippen molar-refractivity contribution < 1.29 is 9.59 Å². The molecule has 0 aromatic rings. The summed E-state index contributed by atoms with van der Waals surface area (Å²) in [6.07, 6.45) is 12.5. The van der Waals surface area contributed by atoms with Gasteiger partial charge in [-0.1, -0.05) is 44.2 Å². The first-order chi connectivity index (χ1) is 9.02. The number of nitrogens with two attached hydrogens (primary N) is 1. The summed E-state index contributed by atoms with van der Waals surface area (Å²) < 4.78 is 0. The lowest BCUT2D eigenvalue weighted by atomic mass is 10.0. The van der Waals surface area contributed by atoms with E-state index in [0.29, 0.717) is 5.57 Å². The zero-order valence-electron chi connectivity index (χ0n) is 11.3. The normalized spacial score (nSPS) is 23.5. The molecular weight excluding hydrogens is 240 g/mol. The molecule has 1 rings (SSSR count). The van der Waals surface area contributed by atoms with Crippen molar-refractivity contribution in [3.8, 4) is 0 Å².